The van der Waals surface area contributed by atoms with Crippen LogP contribution in [0.15, 0.2) is 54.7 Å². The first kappa shape index (κ1) is 24.4. The Kier molecular flexibility index (Phi) is 7.84. The molecule has 0 aliphatic carbocycles. The average molecular weight is 470 g/mol. The van der Waals surface area contributed by atoms with Crippen LogP contribution in [-0.4, -0.2) is 45.1 Å². The van der Waals surface area contributed by atoms with Gasteiger partial charge >= 0.3 is 5.97 Å². The van der Waals surface area contributed by atoms with Gasteiger partial charge in [0.25, 0.3) is 0 Å². The quantitative estimate of drug-likeness (QED) is 0.488. The van der Waals surface area contributed by atoms with Crippen LogP contribution in [0, 0.1) is 6.92 Å². The maximum absolute atomic E-state index is 12.8. The van der Waals surface area contributed by atoms with E-state index in [1.165, 1.54) is 4.68 Å². The van der Waals surface area contributed by atoms with E-state index in [1.807, 2.05) is 76.2 Å². The third-order valence-corrected chi connectivity index (χ3v) is 4.79. The van der Waals surface area contributed by atoms with Crippen LogP contribution < -0.4 is 10.6 Å². The molecule has 8 nitrogen and oxygen atoms in total. The summed E-state index contributed by atoms with van der Waals surface area (Å²) in [6, 6.07) is 14.5. The van der Waals surface area contributed by atoms with Gasteiger partial charge in [0.2, 0.25) is 5.91 Å². The third kappa shape index (κ3) is 7.40. The lowest BCUT2D eigenvalue weighted by Crippen LogP contribution is -2.45. The number of ether oxygens (including phenoxy) is 1. The Hall–Kier alpha value is -3.23. The number of anilines is 1. The molecule has 33 heavy (non-hydrogen) atoms. The van der Waals surface area contributed by atoms with E-state index in [9.17, 15) is 9.59 Å². The molecule has 1 heterocycles. The zero-order chi connectivity index (χ0) is 24.0. The van der Waals surface area contributed by atoms with Crippen LogP contribution in [0.1, 0.15) is 31.9 Å². The van der Waals surface area contributed by atoms with Gasteiger partial charge in [-0.25, -0.2) is 4.68 Å². The molecule has 0 radical (unpaired) electrons. The third-order valence-electron chi connectivity index (χ3n) is 4.62. The molecule has 0 aliphatic rings. The topological polar surface area (TPSA) is 98.1 Å². The summed E-state index contributed by atoms with van der Waals surface area (Å²) in [4.78, 5) is 25.6. The van der Waals surface area contributed by atoms with Crippen molar-refractivity contribution in [2.24, 2.45) is 0 Å². The van der Waals surface area contributed by atoms with Crippen molar-refractivity contribution < 1.29 is 14.3 Å². The van der Waals surface area contributed by atoms with E-state index >= 15 is 0 Å². The first-order chi connectivity index (χ1) is 15.6. The van der Waals surface area contributed by atoms with E-state index in [-0.39, 0.29) is 17.6 Å². The molecule has 0 unspecified atom stereocenters. The monoisotopic (exact) mass is 469 g/mol. The lowest BCUT2D eigenvalue weighted by molar-refractivity contribution is -0.157. The van der Waals surface area contributed by atoms with Crippen LogP contribution in [0.3, 0.4) is 0 Å². The Morgan fingerprint density at radius 1 is 1.15 bits per heavy atom. The van der Waals surface area contributed by atoms with Gasteiger partial charge in [0.05, 0.1) is 24.1 Å². The second-order valence-electron chi connectivity index (χ2n) is 8.71. The van der Waals surface area contributed by atoms with Crippen LogP contribution >= 0.6 is 11.6 Å². The second-order valence-corrected chi connectivity index (χ2v) is 9.10. The predicted molar refractivity (Wildman–Crippen MR) is 128 cm³/mol. The van der Waals surface area contributed by atoms with Crippen LogP contribution in [0.25, 0.3) is 5.69 Å². The van der Waals surface area contributed by atoms with Gasteiger partial charge < -0.3 is 10.1 Å². The molecule has 2 N–H and O–H groups in total. The molecule has 1 atom stereocenters. The Bertz CT molecular complexity index is 1110. The van der Waals surface area contributed by atoms with Crippen molar-refractivity contribution in [3.05, 3.63) is 71.0 Å². The molecule has 1 amide bonds. The lowest BCUT2D eigenvalue weighted by atomic mass is 10.1. The Morgan fingerprint density at radius 2 is 1.88 bits per heavy atom. The Morgan fingerprint density at radius 3 is 2.52 bits per heavy atom. The number of carbonyl (C=O) groups excluding carboxylic acids is 2. The number of nitrogens with one attached hydrogen (secondary N) is 2. The van der Waals surface area contributed by atoms with Gasteiger partial charge in [-0.1, -0.05) is 53.2 Å². The number of carbonyl (C=O) groups is 2. The van der Waals surface area contributed by atoms with Crippen LogP contribution in [0.2, 0.25) is 5.15 Å². The number of esters is 1. The summed E-state index contributed by atoms with van der Waals surface area (Å²) in [6.45, 7) is 7.28. The highest BCUT2D eigenvalue weighted by Crippen LogP contribution is 2.22. The number of hydrogen-bond acceptors (Lipinski definition) is 6. The van der Waals surface area contributed by atoms with Crippen molar-refractivity contribution in [3.63, 3.8) is 0 Å². The molecule has 0 saturated heterocycles. The van der Waals surface area contributed by atoms with Crippen molar-refractivity contribution in [1.29, 1.82) is 0 Å². The fraction of sp³-hybridized carbons (Fsp3) is 0.333. The summed E-state index contributed by atoms with van der Waals surface area (Å²) >= 11 is 5.89. The van der Waals surface area contributed by atoms with E-state index in [0.29, 0.717) is 17.8 Å². The molecule has 3 rings (SSSR count). The number of benzene rings is 2. The van der Waals surface area contributed by atoms with Crippen LogP contribution in [0.5, 0.6) is 0 Å². The maximum Gasteiger partial charge on any atom is 0.324 e. The molecule has 0 bridgehead atoms. The normalized spacial score (nSPS) is 12.3. The summed E-state index contributed by atoms with van der Waals surface area (Å²) in [5.41, 5.74) is 2.47. The van der Waals surface area contributed by atoms with E-state index in [1.54, 1.807) is 6.20 Å². The highest BCUT2D eigenvalue weighted by molar-refractivity contribution is 6.29. The highest BCUT2D eigenvalue weighted by atomic mass is 35.5. The Labute approximate surface area is 198 Å². The van der Waals surface area contributed by atoms with E-state index in [0.717, 1.165) is 11.1 Å². The average Bonchev–Trinajstić information content (AvgIpc) is 3.16. The SMILES string of the molecule is Cc1ccc(-n2cc(Cl)nn2)c(NC(=O)CN[C@@H](Cc2ccccc2)C(=O)OC(C)(C)C)c1. The molecule has 2 aromatic carbocycles. The molecule has 0 spiro atoms. The van der Waals surface area contributed by atoms with Crippen LogP contribution in [-0.2, 0) is 20.7 Å². The standard InChI is InChI=1S/C24H28ClN5O3/c1-16-10-11-20(30-15-21(25)28-29-30)18(12-16)27-22(31)14-26-19(23(32)33-24(2,3)4)13-17-8-6-5-7-9-17/h5-12,15,19,26H,13-14H2,1-4H3,(H,27,31)/t19-/m0/s1. The molecule has 0 aliphatic heterocycles. The van der Waals surface area contributed by atoms with E-state index in [2.05, 4.69) is 20.9 Å². The number of amides is 1. The summed E-state index contributed by atoms with van der Waals surface area (Å²) in [7, 11) is 0. The molecule has 174 valence electrons. The van der Waals surface area contributed by atoms with Crippen molar-refractivity contribution in [1.82, 2.24) is 20.3 Å². The van der Waals surface area contributed by atoms with Gasteiger partial charge in [0, 0.05) is 0 Å². The molecule has 0 saturated carbocycles. The maximum atomic E-state index is 12.8. The minimum absolute atomic E-state index is 0.0811. The zero-order valence-electron chi connectivity index (χ0n) is 19.1. The molecule has 3 aromatic rings. The second kappa shape index (κ2) is 10.6. The van der Waals surface area contributed by atoms with Crippen molar-refractivity contribution in [3.8, 4) is 5.69 Å². The van der Waals surface area contributed by atoms with Crippen molar-refractivity contribution in [2.75, 3.05) is 11.9 Å². The molecule has 1 aromatic heterocycles. The number of halogens is 1. The first-order valence-electron chi connectivity index (χ1n) is 10.6. The predicted octanol–water partition coefficient (Wildman–Crippen LogP) is 3.71. The van der Waals surface area contributed by atoms with Crippen molar-refractivity contribution >= 4 is 29.2 Å². The zero-order valence-corrected chi connectivity index (χ0v) is 19.9. The molecular formula is C24H28ClN5O3. The largest absolute Gasteiger partial charge is 0.459 e. The van der Waals surface area contributed by atoms with Gasteiger partial charge in [-0.3, -0.25) is 14.9 Å². The molecule has 9 heteroatoms. The number of aromatic nitrogens is 3. The van der Waals surface area contributed by atoms with Gasteiger partial charge in [0.1, 0.15) is 11.6 Å². The number of aryl methyl sites for hydroxylation is 1. The Balaban J connectivity index is 1.71. The summed E-state index contributed by atoms with van der Waals surface area (Å²) in [5.74, 6) is -0.720. The van der Waals surface area contributed by atoms with E-state index < -0.39 is 17.6 Å². The summed E-state index contributed by atoms with van der Waals surface area (Å²) < 4.78 is 7.04. The summed E-state index contributed by atoms with van der Waals surface area (Å²) in [6.07, 6.45) is 1.95. The minimum atomic E-state index is -0.677. The number of nitrogens with zero attached hydrogens (tertiary/aromatic N) is 3. The molecular weight excluding hydrogens is 442 g/mol. The van der Waals surface area contributed by atoms with Gasteiger partial charge in [0.15, 0.2) is 5.15 Å². The fourth-order valence-electron chi connectivity index (χ4n) is 3.18. The fourth-order valence-corrected chi connectivity index (χ4v) is 3.31. The minimum Gasteiger partial charge on any atom is -0.459 e. The van der Waals surface area contributed by atoms with Gasteiger partial charge in [-0.2, -0.15) is 0 Å². The van der Waals surface area contributed by atoms with Gasteiger partial charge in [-0.05, 0) is 57.4 Å². The van der Waals surface area contributed by atoms with E-state index in [4.69, 9.17) is 16.3 Å². The number of rotatable bonds is 8. The highest BCUT2D eigenvalue weighted by Gasteiger charge is 2.26. The van der Waals surface area contributed by atoms with Crippen LogP contribution in [0.4, 0.5) is 5.69 Å². The van der Waals surface area contributed by atoms with Crippen molar-refractivity contribution in [2.45, 2.75) is 45.8 Å². The molecule has 0 fully saturated rings. The first-order valence-corrected chi connectivity index (χ1v) is 11.0. The summed E-state index contributed by atoms with van der Waals surface area (Å²) in [5, 5.41) is 13.9. The number of hydrogen-bond donors (Lipinski definition) is 2. The smallest absolute Gasteiger partial charge is 0.324 e. The van der Waals surface area contributed by atoms with Gasteiger partial charge in [-0.15, -0.1) is 5.10 Å². The lowest BCUT2D eigenvalue weighted by Gasteiger charge is -2.24.